The number of anilines is 1. The fraction of sp³-hybridized carbons (Fsp3) is 0.263. The van der Waals surface area contributed by atoms with Crippen LogP contribution < -0.4 is 5.73 Å². The lowest BCUT2D eigenvalue weighted by Gasteiger charge is -2.11. The Kier molecular flexibility index (Phi) is 6.45. The predicted octanol–water partition coefficient (Wildman–Crippen LogP) is 4.74. The van der Waals surface area contributed by atoms with Crippen LogP contribution in [0.15, 0.2) is 30.3 Å². The number of nitrogen functional groups attached to an aromatic ring is 1. The Morgan fingerprint density at radius 3 is 2.40 bits per heavy atom. The highest BCUT2D eigenvalue weighted by Gasteiger charge is 2.18. The summed E-state index contributed by atoms with van der Waals surface area (Å²) in [6, 6.07) is 8.58. The van der Waals surface area contributed by atoms with Gasteiger partial charge in [0.2, 0.25) is 5.78 Å². The maximum Gasteiger partial charge on any atom is 0.340 e. The third kappa shape index (κ3) is 4.53. The quantitative estimate of drug-likeness (QED) is 0.447. The van der Waals surface area contributed by atoms with Gasteiger partial charge in [0.15, 0.2) is 6.61 Å². The zero-order valence-corrected chi connectivity index (χ0v) is 15.6. The number of carbonyl (C=O) groups excluding carboxylic acids is 2. The van der Waals surface area contributed by atoms with Crippen molar-refractivity contribution in [1.29, 1.82) is 0 Å². The highest BCUT2D eigenvalue weighted by molar-refractivity contribution is 6.37. The molecule has 2 aromatic rings. The standard InChI is InChI=1S/C19H19Cl2NO3/c1-3-11-5-6-12(4-2)14(7-11)17(23)10-25-19(24)15-8-13(20)9-16(21)18(15)22/h5-9H,3-4,10,22H2,1-2H3. The fourth-order valence-electron chi connectivity index (χ4n) is 2.45. The first-order valence-electron chi connectivity index (χ1n) is 7.94. The summed E-state index contributed by atoms with van der Waals surface area (Å²) in [6.45, 7) is 3.61. The Hall–Kier alpha value is -2.04. The van der Waals surface area contributed by atoms with Crippen molar-refractivity contribution in [2.24, 2.45) is 0 Å². The molecular weight excluding hydrogens is 361 g/mol. The second kappa shape index (κ2) is 8.37. The van der Waals surface area contributed by atoms with Crippen LogP contribution in [0, 0.1) is 0 Å². The van der Waals surface area contributed by atoms with Gasteiger partial charge < -0.3 is 10.5 Å². The second-order valence-corrected chi connectivity index (χ2v) is 6.39. The number of nitrogens with two attached hydrogens (primary N) is 1. The summed E-state index contributed by atoms with van der Waals surface area (Å²) in [6.07, 6.45) is 1.54. The third-order valence-electron chi connectivity index (χ3n) is 3.91. The molecule has 0 bridgehead atoms. The summed E-state index contributed by atoms with van der Waals surface area (Å²) in [7, 11) is 0. The van der Waals surface area contributed by atoms with E-state index in [4.69, 9.17) is 33.7 Å². The maximum atomic E-state index is 12.5. The summed E-state index contributed by atoms with van der Waals surface area (Å²) < 4.78 is 5.12. The highest BCUT2D eigenvalue weighted by atomic mass is 35.5. The zero-order chi connectivity index (χ0) is 18.6. The number of hydrogen-bond donors (Lipinski definition) is 1. The molecule has 0 aromatic heterocycles. The van der Waals surface area contributed by atoms with E-state index in [1.54, 1.807) is 0 Å². The number of ether oxygens (including phenoxy) is 1. The first kappa shape index (κ1) is 19.3. The van der Waals surface area contributed by atoms with Crippen LogP contribution >= 0.6 is 23.2 Å². The van der Waals surface area contributed by atoms with Gasteiger partial charge in [0.05, 0.1) is 16.3 Å². The number of hydrogen-bond acceptors (Lipinski definition) is 4. The zero-order valence-electron chi connectivity index (χ0n) is 14.1. The van der Waals surface area contributed by atoms with Gasteiger partial charge in [-0.3, -0.25) is 4.79 Å². The number of Topliss-reactive ketones (excluding diaryl/α,β-unsaturated/α-hetero) is 1. The molecule has 0 saturated heterocycles. The largest absolute Gasteiger partial charge is 0.454 e. The van der Waals surface area contributed by atoms with Crippen molar-refractivity contribution < 1.29 is 14.3 Å². The van der Waals surface area contributed by atoms with Gasteiger partial charge in [-0.1, -0.05) is 49.2 Å². The monoisotopic (exact) mass is 379 g/mol. The van der Waals surface area contributed by atoms with Crippen molar-refractivity contribution in [3.8, 4) is 0 Å². The van der Waals surface area contributed by atoms with Crippen LogP contribution in [-0.4, -0.2) is 18.4 Å². The van der Waals surface area contributed by atoms with Gasteiger partial charge >= 0.3 is 5.97 Å². The minimum absolute atomic E-state index is 0.0447. The fourth-order valence-corrected chi connectivity index (χ4v) is 2.95. The summed E-state index contributed by atoms with van der Waals surface area (Å²) in [5.74, 6) is -0.993. The Bertz CT molecular complexity index is 819. The Labute approximate surface area is 156 Å². The molecule has 132 valence electrons. The van der Waals surface area contributed by atoms with E-state index in [1.165, 1.54) is 12.1 Å². The number of esters is 1. The molecule has 0 aliphatic rings. The van der Waals surface area contributed by atoms with Gasteiger partial charge in [-0.05, 0) is 42.2 Å². The van der Waals surface area contributed by atoms with Gasteiger partial charge in [0, 0.05) is 10.6 Å². The van der Waals surface area contributed by atoms with Crippen LogP contribution in [0.1, 0.15) is 45.7 Å². The molecule has 2 N–H and O–H groups in total. The van der Waals surface area contributed by atoms with Crippen LogP contribution in [0.2, 0.25) is 10.0 Å². The number of aryl methyl sites for hydroxylation is 2. The molecule has 6 heteroatoms. The first-order chi connectivity index (χ1) is 11.9. The third-order valence-corrected chi connectivity index (χ3v) is 4.44. The summed E-state index contributed by atoms with van der Waals surface area (Å²) >= 11 is 11.8. The van der Waals surface area contributed by atoms with Crippen LogP contribution in [0.3, 0.4) is 0 Å². The van der Waals surface area contributed by atoms with E-state index in [9.17, 15) is 9.59 Å². The van der Waals surface area contributed by atoms with Gasteiger partial charge in [-0.15, -0.1) is 0 Å². The minimum Gasteiger partial charge on any atom is -0.454 e. The molecule has 0 fully saturated rings. The van der Waals surface area contributed by atoms with Gasteiger partial charge in [-0.2, -0.15) is 0 Å². The van der Waals surface area contributed by atoms with E-state index >= 15 is 0 Å². The molecule has 0 unspecified atom stereocenters. The molecule has 0 spiro atoms. The molecule has 4 nitrogen and oxygen atoms in total. The topological polar surface area (TPSA) is 69.4 Å². The van der Waals surface area contributed by atoms with E-state index < -0.39 is 5.97 Å². The van der Waals surface area contributed by atoms with Crippen molar-refractivity contribution >= 4 is 40.6 Å². The lowest BCUT2D eigenvalue weighted by molar-refractivity contribution is 0.0475. The molecule has 2 rings (SSSR count). The van der Waals surface area contributed by atoms with Gasteiger partial charge in [-0.25, -0.2) is 4.79 Å². The number of benzene rings is 2. The van der Waals surface area contributed by atoms with Crippen molar-refractivity contribution in [3.05, 3.63) is 62.6 Å². The Morgan fingerprint density at radius 1 is 1.04 bits per heavy atom. The second-order valence-electron chi connectivity index (χ2n) is 5.55. The molecule has 0 amide bonds. The molecule has 0 saturated carbocycles. The summed E-state index contributed by atoms with van der Waals surface area (Å²) in [5.41, 5.74) is 8.45. The van der Waals surface area contributed by atoms with Gasteiger partial charge in [0.1, 0.15) is 0 Å². The van der Waals surface area contributed by atoms with E-state index in [1.807, 2.05) is 32.0 Å². The van der Waals surface area contributed by atoms with Crippen molar-refractivity contribution in [1.82, 2.24) is 0 Å². The highest BCUT2D eigenvalue weighted by Crippen LogP contribution is 2.28. The lowest BCUT2D eigenvalue weighted by atomic mass is 9.98. The molecule has 25 heavy (non-hydrogen) atoms. The van der Waals surface area contributed by atoms with Crippen molar-refractivity contribution in [2.45, 2.75) is 26.7 Å². The average molecular weight is 380 g/mol. The molecular formula is C19H19Cl2NO3. The number of rotatable bonds is 6. The van der Waals surface area contributed by atoms with Crippen LogP contribution in [0.5, 0.6) is 0 Å². The Balaban J connectivity index is 2.16. The predicted molar refractivity (Wildman–Crippen MR) is 101 cm³/mol. The number of halogens is 2. The maximum absolute atomic E-state index is 12.5. The molecule has 0 aliphatic carbocycles. The molecule has 0 heterocycles. The normalized spacial score (nSPS) is 10.6. The molecule has 0 atom stereocenters. The number of ketones is 1. The summed E-state index contributed by atoms with van der Waals surface area (Å²) in [5, 5.41) is 0.427. The SMILES string of the molecule is CCc1ccc(CC)c(C(=O)COC(=O)c2cc(Cl)cc(Cl)c2N)c1. The van der Waals surface area contributed by atoms with Crippen LogP contribution in [0.4, 0.5) is 5.69 Å². The number of carbonyl (C=O) groups is 2. The van der Waals surface area contributed by atoms with Crippen molar-refractivity contribution in [2.75, 3.05) is 12.3 Å². The lowest BCUT2D eigenvalue weighted by Crippen LogP contribution is -2.17. The van der Waals surface area contributed by atoms with Gasteiger partial charge in [0.25, 0.3) is 0 Å². The van der Waals surface area contributed by atoms with E-state index in [-0.39, 0.29) is 33.7 Å². The average Bonchev–Trinajstić information content (AvgIpc) is 2.61. The molecule has 0 aliphatic heterocycles. The summed E-state index contributed by atoms with van der Waals surface area (Å²) in [4.78, 5) is 24.7. The first-order valence-corrected chi connectivity index (χ1v) is 8.69. The molecule has 0 radical (unpaired) electrons. The molecule has 2 aromatic carbocycles. The Morgan fingerprint density at radius 2 is 1.76 bits per heavy atom. The van der Waals surface area contributed by atoms with Crippen LogP contribution in [-0.2, 0) is 17.6 Å². The van der Waals surface area contributed by atoms with E-state index in [0.717, 1.165) is 24.0 Å². The van der Waals surface area contributed by atoms with E-state index in [0.29, 0.717) is 5.56 Å². The van der Waals surface area contributed by atoms with Crippen LogP contribution in [0.25, 0.3) is 0 Å². The van der Waals surface area contributed by atoms with Crippen molar-refractivity contribution in [3.63, 3.8) is 0 Å². The minimum atomic E-state index is -0.736. The smallest absolute Gasteiger partial charge is 0.340 e. The van der Waals surface area contributed by atoms with E-state index in [2.05, 4.69) is 0 Å².